The quantitative estimate of drug-likeness (QED) is 0.865. The molecule has 1 atom stereocenters. The van der Waals surface area contributed by atoms with Crippen LogP contribution in [0.5, 0.6) is 0 Å². The number of aliphatic carboxylic acids is 1. The summed E-state index contributed by atoms with van der Waals surface area (Å²) in [7, 11) is 0. The lowest BCUT2D eigenvalue weighted by molar-refractivity contribution is -0.138. The number of carboxylic acids is 1. The van der Waals surface area contributed by atoms with Crippen molar-refractivity contribution in [3.63, 3.8) is 0 Å². The first-order chi connectivity index (χ1) is 10.7. The number of aromatic nitrogens is 1. The van der Waals surface area contributed by atoms with E-state index in [2.05, 4.69) is 4.99 Å². The number of fused-ring (bicyclic) bond motifs is 2. The van der Waals surface area contributed by atoms with Gasteiger partial charge >= 0.3 is 5.97 Å². The van der Waals surface area contributed by atoms with E-state index >= 15 is 0 Å². The Morgan fingerprint density at radius 2 is 1.95 bits per heavy atom. The third kappa shape index (κ3) is 2.76. The number of carboxylic acid groups (broad SMARTS) is 1. The SMILES string of the molecule is O=C(O)C12C=C1C=CC=CC=CC=CCn1cccc1C=N2. The van der Waals surface area contributed by atoms with Gasteiger partial charge in [-0.2, -0.15) is 0 Å². The van der Waals surface area contributed by atoms with Crippen molar-refractivity contribution in [3.8, 4) is 0 Å². The molecule has 1 N–H and O–H groups in total. The minimum Gasteiger partial charge on any atom is -0.479 e. The molecule has 0 spiro atoms. The van der Waals surface area contributed by atoms with Crippen LogP contribution in [0.15, 0.2) is 83.6 Å². The third-order valence-corrected chi connectivity index (χ3v) is 3.58. The van der Waals surface area contributed by atoms with Gasteiger partial charge in [0.1, 0.15) is 0 Å². The van der Waals surface area contributed by atoms with Crippen LogP contribution in [-0.2, 0) is 11.3 Å². The molecule has 1 aliphatic carbocycles. The van der Waals surface area contributed by atoms with Crippen LogP contribution >= 0.6 is 0 Å². The lowest BCUT2D eigenvalue weighted by Crippen LogP contribution is -2.24. The van der Waals surface area contributed by atoms with Gasteiger partial charge in [0.2, 0.25) is 5.54 Å². The molecule has 0 saturated carbocycles. The molecule has 0 amide bonds. The van der Waals surface area contributed by atoms with E-state index in [0.717, 1.165) is 5.69 Å². The van der Waals surface area contributed by atoms with Crippen LogP contribution in [-0.4, -0.2) is 27.4 Å². The summed E-state index contributed by atoms with van der Waals surface area (Å²) < 4.78 is 2.01. The highest BCUT2D eigenvalue weighted by Gasteiger charge is 2.49. The van der Waals surface area contributed by atoms with Crippen LogP contribution < -0.4 is 0 Å². The Hall–Kier alpha value is -2.88. The minimum absolute atomic E-state index is 0.705. The molecule has 2 heterocycles. The summed E-state index contributed by atoms with van der Waals surface area (Å²) in [6.07, 6.45) is 20.5. The van der Waals surface area contributed by atoms with Crippen LogP contribution in [0.3, 0.4) is 0 Å². The normalized spacial score (nSPS) is 23.2. The van der Waals surface area contributed by atoms with E-state index in [1.807, 2.05) is 65.4 Å². The molecule has 1 aromatic rings. The van der Waals surface area contributed by atoms with Crippen molar-refractivity contribution in [2.45, 2.75) is 12.1 Å². The topological polar surface area (TPSA) is 54.6 Å². The number of nitrogens with zero attached hydrogens (tertiary/aromatic N) is 2. The first-order valence-corrected chi connectivity index (χ1v) is 7.06. The summed E-state index contributed by atoms with van der Waals surface area (Å²) in [4.78, 5) is 15.8. The van der Waals surface area contributed by atoms with Gasteiger partial charge in [-0.3, -0.25) is 4.99 Å². The van der Waals surface area contributed by atoms with Gasteiger partial charge in [-0.05, 0) is 23.8 Å². The van der Waals surface area contributed by atoms with E-state index in [1.54, 1.807) is 18.4 Å². The highest BCUT2D eigenvalue weighted by atomic mass is 16.4. The molecule has 4 heteroatoms. The minimum atomic E-state index is -1.20. The molecule has 4 nitrogen and oxygen atoms in total. The number of carbonyl (C=O) groups is 1. The second kappa shape index (κ2) is 5.85. The van der Waals surface area contributed by atoms with Crippen molar-refractivity contribution in [1.29, 1.82) is 0 Å². The first-order valence-electron chi connectivity index (χ1n) is 7.06. The second-order valence-electron chi connectivity index (χ2n) is 5.07. The van der Waals surface area contributed by atoms with Crippen molar-refractivity contribution >= 4 is 12.2 Å². The van der Waals surface area contributed by atoms with E-state index in [9.17, 15) is 9.90 Å². The summed E-state index contributed by atoms with van der Waals surface area (Å²) >= 11 is 0. The van der Waals surface area contributed by atoms with Crippen molar-refractivity contribution < 1.29 is 9.90 Å². The molecule has 2 aliphatic rings. The predicted molar refractivity (Wildman–Crippen MR) is 87.0 cm³/mol. The third-order valence-electron chi connectivity index (χ3n) is 3.58. The maximum atomic E-state index is 11.5. The Kier molecular flexibility index (Phi) is 3.74. The number of aliphatic imine (C=N–C) groups is 1. The smallest absolute Gasteiger partial charge is 0.340 e. The number of hydrogen-bond acceptors (Lipinski definition) is 2. The van der Waals surface area contributed by atoms with Crippen LogP contribution in [0.25, 0.3) is 0 Å². The van der Waals surface area contributed by atoms with Crippen molar-refractivity contribution in [2.24, 2.45) is 4.99 Å². The zero-order chi connectivity index (χ0) is 15.4. The van der Waals surface area contributed by atoms with Gasteiger partial charge in [-0.15, -0.1) is 0 Å². The largest absolute Gasteiger partial charge is 0.479 e. The number of rotatable bonds is 1. The zero-order valence-corrected chi connectivity index (χ0v) is 12.0. The van der Waals surface area contributed by atoms with Crippen LogP contribution in [0.1, 0.15) is 5.69 Å². The van der Waals surface area contributed by atoms with Gasteiger partial charge < -0.3 is 9.67 Å². The molecule has 1 aromatic heterocycles. The molecule has 1 aliphatic heterocycles. The molecule has 0 aromatic carbocycles. The molecule has 0 radical (unpaired) electrons. The molecule has 110 valence electrons. The summed E-state index contributed by atoms with van der Waals surface area (Å²) in [5.74, 6) is -0.949. The van der Waals surface area contributed by atoms with E-state index in [-0.39, 0.29) is 0 Å². The molecule has 0 bridgehead atoms. The maximum Gasteiger partial charge on any atom is 0.340 e. The van der Waals surface area contributed by atoms with Crippen LogP contribution in [0.2, 0.25) is 0 Å². The standard InChI is InChI=1S/C18H16N2O2/c21-17(22)18-13-15(18)9-6-4-2-1-3-5-7-11-20-12-8-10-16(20)14-19-18/h1-10,12-14H,11H2,(H,21,22). The number of hydrogen-bond donors (Lipinski definition) is 1. The summed E-state index contributed by atoms with van der Waals surface area (Å²) in [6, 6.07) is 3.84. The van der Waals surface area contributed by atoms with Crippen molar-refractivity contribution in [1.82, 2.24) is 4.57 Å². The predicted octanol–water partition coefficient (Wildman–Crippen LogP) is 2.91. The summed E-state index contributed by atoms with van der Waals surface area (Å²) in [5, 5.41) is 9.44. The highest BCUT2D eigenvalue weighted by molar-refractivity contribution is 5.97. The van der Waals surface area contributed by atoms with E-state index < -0.39 is 11.5 Å². The van der Waals surface area contributed by atoms with Gasteiger partial charge in [0, 0.05) is 19.0 Å². The lowest BCUT2D eigenvalue weighted by Gasteiger charge is -2.07. The van der Waals surface area contributed by atoms with Gasteiger partial charge in [-0.1, -0.05) is 48.6 Å². The van der Waals surface area contributed by atoms with Gasteiger partial charge in [0.15, 0.2) is 0 Å². The highest BCUT2D eigenvalue weighted by Crippen LogP contribution is 2.39. The van der Waals surface area contributed by atoms with E-state index in [4.69, 9.17) is 0 Å². The molecule has 0 saturated heterocycles. The summed E-state index contributed by atoms with van der Waals surface area (Å²) in [5.41, 5.74) is 0.382. The monoisotopic (exact) mass is 292 g/mol. The Balaban J connectivity index is 1.94. The van der Waals surface area contributed by atoms with Crippen LogP contribution in [0, 0.1) is 0 Å². The molecular formula is C18H16N2O2. The fourth-order valence-corrected chi connectivity index (χ4v) is 2.26. The van der Waals surface area contributed by atoms with Gasteiger partial charge in [0.25, 0.3) is 0 Å². The summed E-state index contributed by atoms with van der Waals surface area (Å²) in [6.45, 7) is 0.709. The second-order valence-corrected chi connectivity index (χ2v) is 5.07. The van der Waals surface area contributed by atoms with Crippen molar-refractivity contribution in [2.75, 3.05) is 0 Å². The van der Waals surface area contributed by atoms with Crippen molar-refractivity contribution in [3.05, 3.63) is 84.3 Å². The average Bonchev–Trinajstić information content (AvgIpc) is 3.04. The average molecular weight is 292 g/mol. The van der Waals surface area contributed by atoms with Crippen LogP contribution in [0.4, 0.5) is 0 Å². The Morgan fingerprint density at radius 3 is 2.77 bits per heavy atom. The Labute approximate surface area is 128 Å². The Morgan fingerprint density at radius 1 is 1.18 bits per heavy atom. The maximum absolute atomic E-state index is 11.5. The molecule has 3 rings (SSSR count). The van der Waals surface area contributed by atoms with Gasteiger partial charge in [-0.25, -0.2) is 4.79 Å². The zero-order valence-electron chi connectivity index (χ0n) is 12.0. The van der Waals surface area contributed by atoms with Gasteiger partial charge in [0.05, 0.1) is 5.69 Å². The Bertz CT molecular complexity index is 760. The molecule has 22 heavy (non-hydrogen) atoms. The molecular weight excluding hydrogens is 276 g/mol. The fraction of sp³-hybridized carbons (Fsp3) is 0.111. The fourth-order valence-electron chi connectivity index (χ4n) is 2.26. The number of allylic oxidation sites excluding steroid dienone is 7. The van der Waals surface area contributed by atoms with E-state index in [0.29, 0.717) is 12.1 Å². The molecule has 0 fully saturated rings. The van der Waals surface area contributed by atoms with E-state index in [1.165, 1.54) is 0 Å². The first kappa shape index (κ1) is 14.1. The molecule has 1 unspecified atom stereocenters. The lowest BCUT2D eigenvalue weighted by atomic mass is 10.1.